The van der Waals surface area contributed by atoms with Gasteiger partial charge >= 0.3 is 5.97 Å². The van der Waals surface area contributed by atoms with E-state index in [2.05, 4.69) is 10.3 Å². The first-order valence-corrected chi connectivity index (χ1v) is 8.02. The lowest BCUT2D eigenvalue weighted by Gasteiger charge is -2.08. The van der Waals surface area contributed by atoms with Crippen molar-refractivity contribution in [3.63, 3.8) is 0 Å². The van der Waals surface area contributed by atoms with Crippen LogP contribution in [0.25, 0.3) is 0 Å². The molecule has 7 nitrogen and oxygen atoms in total. The minimum atomic E-state index is -3.01. The Labute approximate surface area is 116 Å². The largest absolute Gasteiger partial charge is 0.477 e. The van der Waals surface area contributed by atoms with Crippen LogP contribution >= 0.6 is 0 Å². The highest BCUT2D eigenvalue weighted by Gasteiger charge is 2.29. The summed E-state index contributed by atoms with van der Waals surface area (Å²) in [5.74, 6) is -1.56. The molecular weight excluding hydrogens is 284 g/mol. The van der Waals surface area contributed by atoms with Gasteiger partial charge in [-0.2, -0.15) is 0 Å². The van der Waals surface area contributed by atoms with Gasteiger partial charge in [0.25, 0.3) is 0 Å². The summed E-state index contributed by atoms with van der Waals surface area (Å²) in [6.45, 7) is 1.69. The Balaban J connectivity index is 2.00. The van der Waals surface area contributed by atoms with Crippen molar-refractivity contribution in [1.82, 2.24) is 4.98 Å². The van der Waals surface area contributed by atoms with Gasteiger partial charge in [0.1, 0.15) is 5.69 Å². The van der Waals surface area contributed by atoms with Crippen molar-refractivity contribution < 1.29 is 23.1 Å². The molecular formula is C12H16N2O5S. The van der Waals surface area contributed by atoms with Gasteiger partial charge in [-0.1, -0.05) is 0 Å². The second-order valence-electron chi connectivity index (χ2n) is 5.07. The van der Waals surface area contributed by atoms with E-state index in [0.717, 1.165) is 0 Å². The van der Waals surface area contributed by atoms with Crippen LogP contribution in [0.3, 0.4) is 0 Å². The minimum absolute atomic E-state index is 0.0262. The maximum absolute atomic E-state index is 11.9. The molecule has 0 saturated carbocycles. The summed E-state index contributed by atoms with van der Waals surface area (Å²) < 4.78 is 22.6. The number of H-pyrrole nitrogens is 1. The molecule has 110 valence electrons. The van der Waals surface area contributed by atoms with E-state index in [0.29, 0.717) is 12.1 Å². The second-order valence-corrected chi connectivity index (χ2v) is 7.30. The number of carbonyl (C=O) groups excluding carboxylic acids is 1. The summed E-state index contributed by atoms with van der Waals surface area (Å²) in [7, 11) is -3.01. The van der Waals surface area contributed by atoms with Crippen molar-refractivity contribution in [1.29, 1.82) is 0 Å². The molecule has 1 aromatic heterocycles. The van der Waals surface area contributed by atoms with E-state index in [-0.39, 0.29) is 41.1 Å². The van der Waals surface area contributed by atoms with E-state index < -0.39 is 15.8 Å². The number of anilines is 1. The molecule has 1 aliphatic rings. The number of aromatic amines is 1. The quantitative estimate of drug-likeness (QED) is 0.760. The third-order valence-electron chi connectivity index (χ3n) is 3.24. The van der Waals surface area contributed by atoms with Crippen LogP contribution in [0.2, 0.25) is 0 Å². The Kier molecular flexibility index (Phi) is 3.85. The molecule has 8 heteroatoms. The summed E-state index contributed by atoms with van der Waals surface area (Å²) in [6.07, 6.45) is 0.566. The van der Waals surface area contributed by atoms with E-state index in [9.17, 15) is 18.0 Å². The van der Waals surface area contributed by atoms with Gasteiger partial charge in [-0.05, 0) is 25.3 Å². The maximum Gasteiger partial charge on any atom is 0.354 e. The number of carboxylic acid groups (broad SMARTS) is 1. The SMILES string of the molecule is Cc1cc(NC(=O)CC2CCS(=O)(=O)C2)c(C(=O)O)[nH]1. The molecule has 1 fully saturated rings. The van der Waals surface area contributed by atoms with Crippen LogP contribution in [0.4, 0.5) is 5.69 Å². The van der Waals surface area contributed by atoms with Crippen LogP contribution in [0.15, 0.2) is 6.07 Å². The first kappa shape index (κ1) is 14.6. The zero-order chi connectivity index (χ0) is 14.9. The molecule has 20 heavy (non-hydrogen) atoms. The molecule has 0 radical (unpaired) electrons. The molecule has 1 aromatic rings. The van der Waals surface area contributed by atoms with Crippen LogP contribution in [-0.2, 0) is 14.6 Å². The molecule has 1 unspecified atom stereocenters. The van der Waals surface area contributed by atoms with E-state index in [1.807, 2.05) is 0 Å². The Morgan fingerprint density at radius 3 is 2.75 bits per heavy atom. The lowest BCUT2D eigenvalue weighted by molar-refractivity contribution is -0.116. The van der Waals surface area contributed by atoms with Gasteiger partial charge in [0.05, 0.1) is 17.2 Å². The molecule has 0 spiro atoms. The molecule has 0 aromatic carbocycles. The van der Waals surface area contributed by atoms with Crippen molar-refractivity contribution in [2.75, 3.05) is 16.8 Å². The molecule has 1 amide bonds. The van der Waals surface area contributed by atoms with Crippen molar-refractivity contribution in [3.05, 3.63) is 17.5 Å². The van der Waals surface area contributed by atoms with E-state index >= 15 is 0 Å². The highest BCUT2D eigenvalue weighted by atomic mass is 32.2. The van der Waals surface area contributed by atoms with Crippen molar-refractivity contribution in [2.24, 2.45) is 5.92 Å². The number of rotatable bonds is 4. The summed E-state index contributed by atoms with van der Waals surface area (Å²) in [6, 6.07) is 1.53. The van der Waals surface area contributed by atoms with E-state index in [1.165, 1.54) is 6.07 Å². The summed E-state index contributed by atoms with van der Waals surface area (Å²) in [5, 5.41) is 11.5. The van der Waals surface area contributed by atoms with Gasteiger partial charge in [-0.15, -0.1) is 0 Å². The first-order valence-electron chi connectivity index (χ1n) is 6.20. The number of carboxylic acids is 1. The van der Waals surface area contributed by atoms with E-state index in [1.54, 1.807) is 6.92 Å². The molecule has 2 rings (SSSR count). The predicted octanol–water partition coefficient (Wildman–Crippen LogP) is 0.785. The maximum atomic E-state index is 11.9. The van der Waals surface area contributed by atoms with Gasteiger partial charge < -0.3 is 15.4 Å². The van der Waals surface area contributed by atoms with Crippen LogP contribution in [-0.4, -0.2) is 41.9 Å². The molecule has 0 aliphatic carbocycles. The number of carbonyl (C=O) groups is 2. The van der Waals surface area contributed by atoms with Crippen LogP contribution in [0, 0.1) is 12.8 Å². The third kappa shape index (κ3) is 3.38. The fourth-order valence-electron chi connectivity index (χ4n) is 2.35. The van der Waals surface area contributed by atoms with Crippen molar-refractivity contribution >= 4 is 27.4 Å². The lowest BCUT2D eigenvalue weighted by atomic mass is 10.1. The van der Waals surface area contributed by atoms with Gasteiger partial charge in [-0.3, -0.25) is 4.79 Å². The lowest BCUT2D eigenvalue weighted by Crippen LogP contribution is -2.18. The number of aromatic nitrogens is 1. The highest BCUT2D eigenvalue weighted by Crippen LogP contribution is 2.23. The van der Waals surface area contributed by atoms with Gasteiger partial charge in [0, 0.05) is 12.1 Å². The van der Waals surface area contributed by atoms with Gasteiger partial charge in [-0.25, -0.2) is 13.2 Å². The number of sulfone groups is 1. The Hall–Kier alpha value is -1.83. The molecule has 3 N–H and O–H groups in total. The monoisotopic (exact) mass is 300 g/mol. The topological polar surface area (TPSA) is 116 Å². The first-order chi connectivity index (χ1) is 9.27. The molecule has 0 bridgehead atoms. The molecule has 2 heterocycles. The van der Waals surface area contributed by atoms with Crippen LogP contribution in [0.5, 0.6) is 0 Å². The Morgan fingerprint density at radius 2 is 2.20 bits per heavy atom. The predicted molar refractivity (Wildman–Crippen MR) is 72.5 cm³/mol. The Bertz CT molecular complexity index is 647. The number of aryl methyl sites for hydroxylation is 1. The average molecular weight is 300 g/mol. The fraction of sp³-hybridized carbons (Fsp3) is 0.500. The number of hydrogen-bond donors (Lipinski definition) is 3. The number of nitrogens with one attached hydrogen (secondary N) is 2. The number of amides is 1. The Morgan fingerprint density at radius 1 is 1.50 bits per heavy atom. The van der Waals surface area contributed by atoms with Crippen LogP contribution < -0.4 is 5.32 Å². The van der Waals surface area contributed by atoms with E-state index in [4.69, 9.17) is 5.11 Å². The third-order valence-corrected chi connectivity index (χ3v) is 5.08. The zero-order valence-electron chi connectivity index (χ0n) is 11.0. The second kappa shape index (κ2) is 5.28. The average Bonchev–Trinajstić information content (AvgIpc) is 2.82. The molecule has 1 aliphatic heterocycles. The molecule has 1 atom stereocenters. The van der Waals surface area contributed by atoms with Crippen LogP contribution in [0.1, 0.15) is 29.0 Å². The summed E-state index contributed by atoms with van der Waals surface area (Å²) in [4.78, 5) is 25.5. The normalized spacial score (nSPS) is 20.8. The minimum Gasteiger partial charge on any atom is -0.477 e. The summed E-state index contributed by atoms with van der Waals surface area (Å²) in [5.41, 5.74) is 0.761. The highest BCUT2D eigenvalue weighted by molar-refractivity contribution is 7.91. The molecule has 1 saturated heterocycles. The number of hydrogen-bond acceptors (Lipinski definition) is 4. The zero-order valence-corrected chi connectivity index (χ0v) is 11.8. The van der Waals surface area contributed by atoms with Crippen molar-refractivity contribution in [3.8, 4) is 0 Å². The fourth-order valence-corrected chi connectivity index (χ4v) is 4.21. The standard InChI is InChI=1S/C12H16N2O5S/c1-7-4-9(11(13-7)12(16)17)14-10(15)5-8-2-3-20(18,19)6-8/h4,8,13H,2-3,5-6H2,1H3,(H,14,15)(H,16,17). The summed E-state index contributed by atoms with van der Waals surface area (Å²) >= 11 is 0. The smallest absolute Gasteiger partial charge is 0.354 e. The van der Waals surface area contributed by atoms with Gasteiger partial charge in [0.2, 0.25) is 5.91 Å². The number of aromatic carboxylic acids is 1. The van der Waals surface area contributed by atoms with Gasteiger partial charge in [0.15, 0.2) is 9.84 Å². The van der Waals surface area contributed by atoms with Crippen molar-refractivity contribution in [2.45, 2.75) is 19.8 Å².